The molecule has 0 spiro atoms. The lowest BCUT2D eigenvalue weighted by Gasteiger charge is -2.00. The number of rotatable bonds is 4. The smallest absolute Gasteiger partial charge is 0.227 e. The molecule has 0 atom stereocenters. The van der Waals surface area contributed by atoms with Gasteiger partial charge in [0.2, 0.25) is 5.89 Å². The molecule has 0 radical (unpaired) electrons. The minimum Gasteiger partial charge on any atom is -0.436 e. The Labute approximate surface area is 159 Å². The summed E-state index contributed by atoms with van der Waals surface area (Å²) in [6.07, 6.45) is 5.72. The average Bonchev–Trinajstić information content (AvgIpc) is 3.11. The molecule has 1 aromatic heterocycles. The highest BCUT2D eigenvalue weighted by Gasteiger charge is 2.09. The zero-order chi connectivity index (χ0) is 17.8. The van der Waals surface area contributed by atoms with Crippen LogP contribution >= 0.6 is 15.9 Å². The molecule has 0 N–H and O–H groups in total. The lowest BCUT2D eigenvalue weighted by atomic mass is 10.2. The zero-order valence-electron chi connectivity index (χ0n) is 13.8. The van der Waals surface area contributed by atoms with Crippen LogP contribution in [-0.4, -0.2) is 11.2 Å². The summed E-state index contributed by atoms with van der Waals surface area (Å²) in [6, 6.07) is 23.7. The molecule has 0 aliphatic heterocycles. The van der Waals surface area contributed by atoms with Gasteiger partial charge in [-0.3, -0.25) is 4.99 Å². The van der Waals surface area contributed by atoms with E-state index < -0.39 is 0 Å². The Bertz CT molecular complexity index is 1060. The molecule has 0 saturated heterocycles. The van der Waals surface area contributed by atoms with Crippen LogP contribution in [-0.2, 0) is 0 Å². The highest BCUT2D eigenvalue weighted by atomic mass is 79.9. The van der Waals surface area contributed by atoms with Gasteiger partial charge in [0.25, 0.3) is 0 Å². The van der Waals surface area contributed by atoms with Crippen LogP contribution in [0.4, 0.5) is 5.69 Å². The van der Waals surface area contributed by atoms with Gasteiger partial charge in [0.05, 0.1) is 5.69 Å². The van der Waals surface area contributed by atoms with Crippen LogP contribution in [0.15, 0.2) is 92.8 Å². The Hall–Kier alpha value is -2.98. The summed E-state index contributed by atoms with van der Waals surface area (Å²) in [5.74, 6) is 0.593. The van der Waals surface area contributed by atoms with E-state index in [1.54, 1.807) is 6.21 Å². The summed E-state index contributed by atoms with van der Waals surface area (Å²) in [5, 5.41) is 0. The molecule has 3 nitrogen and oxygen atoms in total. The number of hydrogen-bond acceptors (Lipinski definition) is 3. The van der Waals surface area contributed by atoms with Gasteiger partial charge >= 0.3 is 0 Å². The molecule has 0 fully saturated rings. The molecule has 4 rings (SSSR count). The highest BCUT2D eigenvalue weighted by molar-refractivity contribution is 9.10. The van der Waals surface area contributed by atoms with E-state index in [4.69, 9.17) is 4.42 Å². The zero-order valence-corrected chi connectivity index (χ0v) is 15.4. The van der Waals surface area contributed by atoms with Gasteiger partial charge in [-0.1, -0.05) is 48.5 Å². The first-order valence-electron chi connectivity index (χ1n) is 8.21. The van der Waals surface area contributed by atoms with Crippen molar-refractivity contribution in [2.75, 3.05) is 0 Å². The Morgan fingerprint density at radius 2 is 1.73 bits per heavy atom. The molecule has 0 aliphatic rings. The SMILES string of the molecule is Brc1ccc(-c2nc3ccccc3o2)cc1N=CC=Cc1ccccc1. The van der Waals surface area contributed by atoms with Gasteiger partial charge in [-0.05, 0) is 57.9 Å². The van der Waals surface area contributed by atoms with Gasteiger partial charge in [-0.2, -0.15) is 0 Å². The summed E-state index contributed by atoms with van der Waals surface area (Å²) in [5.41, 5.74) is 4.48. The first-order valence-corrected chi connectivity index (χ1v) is 9.00. The fourth-order valence-corrected chi connectivity index (χ4v) is 2.93. The van der Waals surface area contributed by atoms with Crippen molar-refractivity contribution in [3.8, 4) is 11.5 Å². The Morgan fingerprint density at radius 1 is 0.923 bits per heavy atom. The second kappa shape index (κ2) is 7.50. The standard InChI is InChI=1S/C22H15BrN2O/c23-18-13-12-17(22-25-19-10-4-5-11-21(19)26-22)15-20(18)24-14-6-9-16-7-2-1-3-8-16/h1-15H. The van der Waals surface area contributed by atoms with Crippen LogP contribution in [0, 0.1) is 0 Å². The second-order valence-electron chi connectivity index (χ2n) is 5.70. The Balaban J connectivity index is 1.60. The molecule has 1 heterocycles. The summed E-state index contributed by atoms with van der Waals surface area (Å²) < 4.78 is 6.76. The van der Waals surface area contributed by atoms with Crippen LogP contribution in [0.1, 0.15) is 5.56 Å². The van der Waals surface area contributed by atoms with E-state index in [9.17, 15) is 0 Å². The van der Waals surface area contributed by atoms with Crippen LogP contribution in [0.2, 0.25) is 0 Å². The van der Waals surface area contributed by atoms with Gasteiger partial charge < -0.3 is 4.42 Å². The number of aliphatic imine (C=N–C) groups is 1. The van der Waals surface area contributed by atoms with E-state index in [1.165, 1.54) is 0 Å². The van der Waals surface area contributed by atoms with Crippen molar-refractivity contribution < 1.29 is 4.42 Å². The predicted molar refractivity (Wildman–Crippen MR) is 111 cm³/mol. The molecular weight excluding hydrogens is 388 g/mol. The maximum Gasteiger partial charge on any atom is 0.227 e. The van der Waals surface area contributed by atoms with Crippen LogP contribution in [0.5, 0.6) is 0 Å². The summed E-state index contributed by atoms with van der Waals surface area (Å²) >= 11 is 3.55. The third-order valence-electron chi connectivity index (χ3n) is 3.87. The molecule has 0 unspecified atom stereocenters. The van der Waals surface area contributed by atoms with E-state index >= 15 is 0 Å². The molecule has 4 aromatic rings. The van der Waals surface area contributed by atoms with Gasteiger partial charge in [-0.25, -0.2) is 4.98 Å². The summed E-state index contributed by atoms with van der Waals surface area (Å²) in [6.45, 7) is 0. The number of halogens is 1. The Kier molecular flexibility index (Phi) is 4.75. The number of allylic oxidation sites excluding steroid dienone is 1. The number of para-hydroxylation sites is 2. The molecule has 4 heteroatoms. The van der Waals surface area contributed by atoms with E-state index in [1.807, 2.05) is 84.9 Å². The monoisotopic (exact) mass is 402 g/mol. The van der Waals surface area contributed by atoms with Crippen molar-refractivity contribution in [2.24, 2.45) is 4.99 Å². The minimum atomic E-state index is 0.593. The van der Waals surface area contributed by atoms with Crippen molar-refractivity contribution in [3.63, 3.8) is 0 Å². The second-order valence-corrected chi connectivity index (χ2v) is 6.56. The highest BCUT2D eigenvalue weighted by Crippen LogP contribution is 2.32. The van der Waals surface area contributed by atoms with Crippen molar-refractivity contribution in [3.05, 3.63) is 88.9 Å². The molecule has 0 bridgehead atoms. The molecule has 26 heavy (non-hydrogen) atoms. The van der Waals surface area contributed by atoms with Crippen LogP contribution in [0.3, 0.4) is 0 Å². The lowest BCUT2D eigenvalue weighted by molar-refractivity contribution is 0.620. The summed E-state index contributed by atoms with van der Waals surface area (Å²) in [7, 11) is 0. The van der Waals surface area contributed by atoms with Crippen molar-refractivity contribution in [2.45, 2.75) is 0 Å². The van der Waals surface area contributed by atoms with Crippen molar-refractivity contribution in [1.82, 2.24) is 4.98 Å². The largest absolute Gasteiger partial charge is 0.436 e. The third-order valence-corrected chi connectivity index (χ3v) is 4.55. The minimum absolute atomic E-state index is 0.593. The number of fused-ring (bicyclic) bond motifs is 1. The van der Waals surface area contributed by atoms with Crippen LogP contribution < -0.4 is 0 Å². The average molecular weight is 403 g/mol. The lowest BCUT2D eigenvalue weighted by Crippen LogP contribution is -1.79. The maximum atomic E-state index is 5.84. The van der Waals surface area contributed by atoms with E-state index in [0.717, 1.165) is 32.4 Å². The topological polar surface area (TPSA) is 38.4 Å². The van der Waals surface area contributed by atoms with Crippen LogP contribution in [0.25, 0.3) is 28.6 Å². The first kappa shape index (κ1) is 16.5. The Morgan fingerprint density at radius 3 is 2.58 bits per heavy atom. The van der Waals surface area contributed by atoms with E-state index in [2.05, 4.69) is 25.9 Å². The van der Waals surface area contributed by atoms with Crippen molar-refractivity contribution in [1.29, 1.82) is 0 Å². The summed E-state index contributed by atoms with van der Waals surface area (Å²) in [4.78, 5) is 9.07. The molecular formula is C22H15BrN2O. The first-order chi connectivity index (χ1) is 12.8. The number of oxazole rings is 1. The predicted octanol–water partition coefficient (Wildman–Crippen LogP) is 6.67. The van der Waals surface area contributed by atoms with Gasteiger partial charge in [0, 0.05) is 16.3 Å². The van der Waals surface area contributed by atoms with Crippen molar-refractivity contribution >= 4 is 45.0 Å². The molecule has 0 amide bonds. The quantitative estimate of drug-likeness (QED) is 0.357. The number of aromatic nitrogens is 1. The van der Waals surface area contributed by atoms with E-state index in [-0.39, 0.29) is 0 Å². The fourth-order valence-electron chi connectivity index (χ4n) is 2.58. The van der Waals surface area contributed by atoms with Gasteiger partial charge in [0.1, 0.15) is 5.52 Å². The maximum absolute atomic E-state index is 5.84. The molecule has 3 aromatic carbocycles. The number of benzene rings is 3. The molecule has 0 saturated carbocycles. The fraction of sp³-hybridized carbons (Fsp3) is 0. The molecule has 0 aliphatic carbocycles. The molecule has 126 valence electrons. The number of nitrogens with zero attached hydrogens (tertiary/aromatic N) is 2. The van der Waals surface area contributed by atoms with Gasteiger partial charge in [-0.15, -0.1) is 0 Å². The normalized spacial score (nSPS) is 11.7. The third kappa shape index (κ3) is 3.65. The van der Waals surface area contributed by atoms with Gasteiger partial charge in [0.15, 0.2) is 5.58 Å². The number of hydrogen-bond donors (Lipinski definition) is 0. The van der Waals surface area contributed by atoms with E-state index in [0.29, 0.717) is 5.89 Å².